The van der Waals surface area contributed by atoms with E-state index < -0.39 is 11.9 Å². The van der Waals surface area contributed by atoms with Gasteiger partial charge < -0.3 is 38.3 Å². The predicted molar refractivity (Wildman–Crippen MR) is 187 cm³/mol. The Morgan fingerprint density at radius 1 is 0.911 bits per heavy atom. The van der Waals surface area contributed by atoms with E-state index in [0.29, 0.717) is 38.6 Å². The minimum Gasteiger partial charge on any atom is -0.388 e. The van der Waals surface area contributed by atoms with Gasteiger partial charge in [-0.3, -0.25) is 0 Å². The first-order chi connectivity index (χ1) is 21.5. The van der Waals surface area contributed by atoms with Crippen LogP contribution in [-0.2, 0) is 33.2 Å². The molecule has 1 N–H and O–H groups in total. The topological polar surface area (TPSA) is 84.8 Å². The summed E-state index contributed by atoms with van der Waals surface area (Å²) in [5.41, 5.74) is 2.43. The van der Waals surface area contributed by atoms with Crippen LogP contribution in [0.5, 0.6) is 0 Å². The Morgan fingerprint density at radius 3 is 1.96 bits per heavy atom. The molecule has 8 heteroatoms. The molecule has 268 valence electrons. The minimum atomic E-state index is -0.598. The van der Waals surface area contributed by atoms with Crippen molar-refractivity contribution in [2.45, 2.75) is 150 Å². The molecule has 4 aliphatic rings. The molecule has 0 spiro atoms. The van der Waals surface area contributed by atoms with E-state index in [1.807, 2.05) is 41.5 Å². The number of aliphatic hydroxyl groups is 1. The summed E-state index contributed by atoms with van der Waals surface area (Å²) in [6.07, 6.45) is 9.31. The molecular formula is C37H72O8. The fourth-order valence-electron chi connectivity index (χ4n) is 4.94. The van der Waals surface area contributed by atoms with Crippen molar-refractivity contribution in [2.24, 2.45) is 5.92 Å². The second-order valence-electron chi connectivity index (χ2n) is 11.6. The first-order valence-electron chi connectivity index (χ1n) is 17.3. The van der Waals surface area contributed by atoms with E-state index in [2.05, 4.69) is 40.5 Å². The fourth-order valence-corrected chi connectivity index (χ4v) is 4.94. The molecule has 0 aromatic rings. The summed E-state index contributed by atoms with van der Waals surface area (Å²) < 4.78 is 38.3. The van der Waals surface area contributed by atoms with Crippen LogP contribution in [0.1, 0.15) is 107 Å². The van der Waals surface area contributed by atoms with Gasteiger partial charge in [0.25, 0.3) is 0 Å². The van der Waals surface area contributed by atoms with Gasteiger partial charge in [0.15, 0.2) is 5.79 Å². The van der Waals surface area contributed by atoms with E-state index in [1.54, 1.807) is 20.3 Å². The van der Waals surface area contributed by atoms with Crippen LogP contribution < -0.4 is 0 Å². The van der Waals surface area contributed by atoms with Gasteiger partial charge in [0.1, 0.15) is 12.7 Å². The van der Waals surface area contributed by atoms with Crippen molar-refractivity contribution in [3.8, 4) is 0 Å². The lowest BCUT2D eigenvalue weighted by Gasteiger charge is -2.36. The summed E-state index contributed by atoms with van der Waals surface area (Å²) >= 11 is 0. The summed E-state index contributed by atoms with van der Waals surface area (Å²) in [6.45, 7) is 32.8. The molecule has 5 unspecified atom stereocenters. The molecule has 4 aliphatic heterocycles. The maximum Gasteiger partial charge on any atom is 0.194 e. The number of hydrogen-bond acceptors (Lipinski definition) is 8. The molecule has 4 heterocycles. The Balaban J connectivity index is 0. The van der Waals surface area contributed by atoms with Gasteiger partial charge >= 0.3 is 0 Å². The van der Waals surface area contributed by atoms with Crippen LogP contribution in [-0.4, -0.2) is 94.8 Å². The standard InChI is InChI=1S/C15H24O4.C8H16O3.C7H12O.C3H8.2C2H6/c1-4-7-19-15(16-3)9-14(18-11-15)6-5-13-8-12(2)10-17-13;1-5-4-11-6(2)7(9)8(5)10-3;1-6-3-4-7(2)8-5-6;1-3-2;2*1-2/h4,13-14H,1-2,5-11H2,3H3;5-9H,4H2,1-3H3;7H,1,3-5H2,2H3;3H2,1-2H3;2*1-2H3/t13?,14?,15-;5?,6?,7-,8?;7-;;;/m000.../s1. The fraction of sp³-hybridized carbons (Fsp3) is 0.838. The lowest BCUT2D eigenvalue weighted by Crippen LogP contribution is -2.48. The van der Waals surface area contributed by atoms with E-state index in [9.17, 15) is 5.11 Å². The number of ether oxygens (including phenoxy) is 7. The van der Waals surface area contributed by atoms with Gasteiger partial charge in [-0.15, -0.1) is 6.58 Å². The number of hydrogen-bond donors (Lipinski definition) is 1. The van der Waals surface area contributed by atoms with Crippen molar-refractivity contribution in [2.75, 3.05) is 47.3 Å². The van der Waals surface area contributed by atoms with Crippen molar-refractivity contribution in [3.63, 3.8) is 0 Å². The molecule has 4 fully saturated rings. The Hall–Kier alpha value is -1.10. The molecule has 0 aliphatic carbocycles. The van der Waals surface area contributed by atoms with Crippen LogP contribution in [0.4, 0.5) is 0 Å². The van der Waals surface area contributed by atoms with Gasteiger partial charge in [0.2, 0.25) is 0 Å². The molecular weight excluding hydrogens is 572 g/mol. The molecule has 0 bridgehead atoms. The SMILES string of the molecule is C=C1CC[C@H](C)OC1.C=CCO[C@]1(OC)COC(CCC2CC(=C)CO2)C1.CC.CC.CCC.COC1C(C)COC(C)[C@@H]1O. The van der Waals surface area contributed by atoms with Crippen molar-refractivity contribution >= 4 is 0 Å². The normalized spacial score (nSPS) is 32.0. The van der Waals surface area contributed by atoms with Crippen LogP contribution in [0.25, 0.3) is 0 Å². The van der Waals surface area contributed by atoms with Crippen molar-refractivity contribution in [1.82, 2.24) is 0 Å². The van der Waals surface area contributed by atoms with Crippen LogP contribution in [0.15, 0.2) is 37.0 Å². The average molecular weight is 645 g/mol. The largest absolute Gasteiger partial charge is 0.388 e. The second kappa shape index (κ2) is 28.0. The molecule has 0 radical (unpaired) electrons. The Bertz CT molecular complexity index is 734. The summed E-state index contributed by atoms with van der Waals surface area (Å²) in [5.74, 6) is -0.315. The zero-order chi connectivity index (χ0) is 34.8. The maximum atomic E-state index is 9.56. The zero-order valence-corrected chi connectivity index (χ0v) is 31.0. The van der Waals surface area contributed by atoms with E-state index in [1.165, 1.54) is 17.6 Å². The summed E-state index contributed by atoms with van der Waals surface area (Å²) in [7, 11) is 3.29. The lowest BCUT2D eigenvalue weighted by atomic mass is 9.94. The van der Waals surface area contributed by atoms with E-state index in [4.69, 9.17) is 33.2 Å². The third-order valence-corrected chi connectivity index (χ3v) is 7.51. The van der Waals surface area contributed by atoms with Gasteiger partial charge in [0, 0.05) is 26.6 Å². The lowest BCUT2D eigenvalue weighted by molar-refractivity contribution is -0.212. The van der Waals surface area contributed by atoms with Gasteiger partial charge in [0.05, 0.1) is 56.9 Å². The summed E-state index contributed by atoms with van der Waals surface area (Å²) in [6, 6.07) is 0. The second-order valence-corrected chi connectivity index (χ2v) is 11.6. The van der Waals surface area contributed by atoms with Crippen LogP contribution in [0, 0.1) is 5.92 Å². The third kappa shape index (κ3) is 19.3. The van der Waals surface area contributed by atoms with Gasteiger partial charge in [-0.2, -0.15) is 0 Å². The molecule has 8 atom stereocenters. The molecule has 45 heavy (non-hydrogen) atoms. The first kappa shape index (κ1) is 46.0. The van der Waals surface area contributed by atoms with E-state index in [0.717, 1.165) is 45.1 Å². The molecule has 0 amide bonds. The number of aliphatic hydroxyl groups excluding tert-OH is 1. The summed E-state index contributed by atoms with van der Waals surface area (Å²) in [5, 5.41) is 9.56. The van der Waals surface area contributed by atoms with Crippen LogP contribution >= 0.6 is 0 Å². The van der Waals surface area contributed by atoms with Crippen LogP contribution in [0.2, 0.25) is 0 Å². The Labute approximate surface area is 277 Å². The molecule has 4 rings (SSSR count). The van der Waals surface area contributed by atoms with Gasteiger partial charge in [-0.05, 0) is 51.5 Å². The highest BCUT2D eigenvalue weighted by Crippen LogP contribution is 2.32. The van der Waals surface area contributed by atoms with Gasteiger partial charge in [-0.25, -0.2) is 0 Å². The monoisotopic (exact) mass is 645 g/mol. The Morgan fingerprint density at radius 2 is 1.51 bits per heavy atom. The Kier molecular flexibility index (Phi) is 28.6. The number of methoxy groups -OCH3 is 2. The zero-order valence-electron chi connectivity index (χ0n) is 31.0. The highest BCUT2D eigenvalue weighted by Gasteiger charge is 2.41. The van der Waals surface area contributed by atoms with Crippen molar-refractivity contribution in [3.05, 3.63) is 37.0 Å². The van der Waals surface area contributed by atoms with Gasteiger partial charge in [-0.1, -0.05) is 79.7 Å². The first-order valence-corrected chi connectivity index (χ1v) is 17.3. The van der Waals surface area contributed by atoms with Crippen molar-refractivity contribution < 1.29 is 38.3 Å². The molecule has 8 nitrogen and oxygen atoms in total. The minimum absolute atomic E-state index is 0.0706. The quantitative estimate of drug-likeness (QED) is 0.210. The number of rotatable bonds is 8. The third-order valence-electron chi connectivity index (χ3n) is 7.51. The highest BCUT2D eigenvalue weighted by atomic mass is 16.7. The molecule has 0 saturated carbocycles. The smallest absolute Gasteiger partial charge is 0.194 e. The highest BCUT2D eigenvalue weighted by molar-refractivity contribution is 5.01. The molecule has 4 saturated heterocycles. The van der Waals surface area contributed by atoms with Crippen LogP contribution in [0.3, 0.4) is 0 Å². The maximum absolute atomic E-state index is 9.56. The summed E-state index contributed by atoms with van der Waals surface area (Å²) in [4.78, 5) is 0. The predicted octanol–water partition coefficient (Wildman–Crippen LogP) is 8.07. The molecule has 0 aromatic carbocycles. The average Bonchev–Trinajstić information content (AvgIpc) is 3.68. The van der Waals surface area contributed by atoms with E-state index in [-0.39, 0.29) is 24.2 Å². The van der Waals surface area contributed by atoms with E-state index >= 15 is 0 Å². The van der Waals surface area contributed by atoms with Crippen molar-refractivity contribution in [1.29, 1.82) is 0 Å². The molecule has 0 aromatic heterocycles.